The van der Waals surface area contributed by atoms with E-state index in [2.05, 4.69) is 43.4 Å². The molecule has 0 amide bonds. The average Bonchev–Trinajstić information content (AvgIpc) is 2.83. The van der Waals surface area contributed by atoms with Gasteiger partial charge in [0.05, 0.1) is 6.04 Å². The monoisotopic (exact) mass is 279 g/mol. The normalized spacial score (nSPS) is 12.7. The highest BCUT2D eigenvalue weighted by molar-refractivity contribution is 7.12. The van der Waals surface area contributed by atoms with Gasteiger partial charge in [-0.25, -0.2) is 0 Å². The van der Waals surface area contributed by atoms with Crippen molar-refractivity contribution >= 4 is 22.9 Å². The fraction of sp³-hybridized carbons (Fsp3) is 0.333. The first-order chi connectivity index (χ1) is 8.65. The predicted molar refractivity (Wildman–Crippen MR) is 80.8 cm³/mol. The molecule has 1 aromatic carbocycles. The van der Waals surface area contributed by atoms with Gasteiger partial charge in [-0.1, -0.05) is 24.6 Å². The van der Waals surface area contributed by atoms with Gasteiger partial charge in [0, 0.05) is 14.8 Å². The maximum Gasteiger partial charge on any atom is 0.0671 e. The molecule has 1 unspecified atom stereocenters. The Morgan fingerprint density at radius 1 is 1.28 bits per heavy atom. The Morgan fingerprint density at radius 3 is 2.67 bits per heavy atom. The van der Waals surface area contributed by atoms with E-state index in [1.54, 1.807) is 0 Å². The van der Waals surface area contributed by atoms with E-state index in [0.29, 0.717) is 0 Å². The molecule has 1 aromatic heterocycles. The minimum atomic E-state index is 0.231. The summed E-state index contributed by atoms with van der Waals surface area (Å²) in [5.41, 5.74) is 2.53. The molecular weight excluding hydrogens is 262 g/mol. The smallest absolute Gasteiger partial charge is 0.0671 e. The minimum Gasteiger partial charge on any atom is -0.309 e. The summed E-state index contributed by atoms with van der Waals surface area (Å²) in [6, 6.07) is 10.7. The molecule has 0 aliphatic heterocycles. The Labute approximate surface area is 118 Å². The Morgan fingerprint density at radius 2 is 2.06 bits per heavy atom. The second kappa shape index (κ2) is 5.87. The molecule has 0 aliphatic rings. The summed E-state index contributed by atoms with van der Waals surface area (Å²) in [6.45, 7) is 4.32. The molecule has 0 saturated carbocycles. The lowest BCUT2D eigenvalue weighted by molar-refractivity contribution is 0.699. The molecule has 1 nitrogen and oxygen atoms in total. The molecule has 1 N–H and O–H groups in total. The molecule has 3 heteroatoms. The highest BCUT2D eigenvalue weighted by atomic mass is 35.5. The lowest BCUT2D eigenvalue weighted by Gasteiger charge is -2.18. The fourth-order valence-corrected chi connectivity index (χ4v) is 3.38. The first kappa shape index (κ1) is 13.6. The van der Waals surface area contributed by atoms with Crippen molar-refractivity contribution in [2.24, 2.45) is 0 Å². The number of halogens is 1. The van der Waals surface area contributed by atoms with Gasteiger partial charge in [-0.15, -0.1) is 11.3 Å². The first-order valence-electron chi connectivity index (χ1n) is 6.17. The van der Waals surface area contributed by atoms with E-state index in [0.717, 1.165) is 11.4 Å². The molecule has 18 heavy (non-hydrogen) atoms. The van der Waals surface area contributed by atoms with Crippen molar-refractivity contribution in [2.75, 3.05) is 7.05 Å². The summed E-state index contributed by atoms with van der Waals surface area (Å²) in [4.78, 5) is 2.77. The van der Waals surface area contributed by atoms with Crippen LogP contribution in [0.2, 0.25) is 5.02 Å². The topological polar surface area (TPSA) is 12.0 Å². The van der Waals surface area contributed by atoms with Crippen LogP contribution in [-0.4, -0.2) is 7.05 Å². The van der Waals surface area contributed by atoms with Gasteiger partial charge in [0.15, 0.2) is 0 Å². The van der Waals surface area contributed by atoms with Gasteiger partial charge >= 0.3 is 0 Å². The molecule has 1 heterocycles. The molecule has 0 spiro atoms. The Kier molecular flexibility index (Phi) is 4.44. The molecule has 0 radical (unpaired) electrons. The summed E-state index contributed by atoms with van der Waals surface area (Å²) >= 11 is 7.98. The maximum atomic E-state index is 6.11. The molecule has 0 fully saturated rings. The van der Waals surface area contributed by atoms with E-state index in [1.807, 2.05) is 24.5 Å². The van der Waals surface area contributed by atoms with Crippen molar-refractivity contribution in [2.45, 2.75) is 26.3 Å². The molecule has 2 aromatic rings. The van der Waals surface area contributed by atoms with Crippen LogP contribution in [0.4, 0.5) is 0 Å². The quantitative estimate of drug-likeness (QED) is 0.864. The van der Waals surface area contributed by atoms with Gasteiger partial charge in [-0.3, -0.25) is 0 Å². The second-order valence-electron chi connectivity index (χ2n) is 4.38. The van der Waals surface area contributed by atoms with Crippen molar-refractivity contribution < 1.29 is 0 Å². The molecule has 1 atom stereocenters. The van der Waals surface area contributed by atoms with Gasteiger partial charge in [-0.05, 0) is 55.8 Å². The fourth-order valence-electron chi connectivity index (χ4n) is 2.11. The number of thiophene rings is 1. The molecule has 0 bridgehead atoms. The zero-order valence-electron chi connectivity index (χ0n) is 11.0. The zero-order chi connectivity index (χ0) is 13.1. The van der Waals surface area contributed by atoms with Crippen molar-refractivity contribution in [3.63, 3.8) is 0 Å². The highest BCUT2D eigenvalue weighted by Gasteiger charge is 2.16. The third-order valence-electron chi connectivity index (χ3n) is 3.16. The van der Waals surface area contributed by atoms with Crippen LogP contribution in [0.15, 0.2) is 30.3 Å². The number of aryl methyl sites for hydroxylation is 2. The number of rotatable bonds is 4. The summed E-state index contributed by atoms with van der Waals surface area (Å²) < 4.78 is 0. The minimum absolute atomic E-state index is 0.231. The van der Waals surface area contributed by atoms with E-state index in [9.17, 15) is 0 Å². The molecule has 96 valence electrons. The van der Waals surface area contributed by atoms with E-state index < -0.39 is 0 Å². The third kappa shape index (κ3) is 2.77. The molecule has 0 saturated heterocycles. The number of benzene rings is 1. The van der Waals surface area contributed by atoms with Gasteiger partial charge in [0.2, 0.25) is 0 Å². The highest BCUT2D eigenvalue weighted by Crippen LogP contribution is 2.31. The van der Waals surface area contributed by atoms with E-state index in [4.69, 9.17) is 11.6 Å². The summed E-state index contributed by atoms with van der Waals surface area (Å²) in [6.07, 6.45) is 1.09. The van der Waals surface area contributed by atoms with Crippen molar-refractivity contribution in [1.82, 2.24) is 5.32 Å². The third-order valence-corrected chi connectivity index (χ3v) is 4.69. The van der Waals surface area contributed by atoms with Crippen LogP contribution in [0.1, 0.15) is 33.8 Å². The van der Waals surface area contributed by atoms with Crippen LogP contribution in [0, 0.1) is 6.92 Å². The number of hydrogen-bond acceptors (Lipinski definition) is 2. The maximum absolute atomic E-state index is 6.11. The van der Waals surface area contributed by atoms with E-state index >= 15 is 0 Å². The standard InChI is InChI=1S/C15H18ClNS/c1-4-12-7-8-14(18-12)15(17-3)13-9-11(16)6-5-10(13)2/h5-9,15,17H,4H2,1-3H3. The Bertz CT molecular complexity index is 533. The lowest BCUT2D eigenvalue weighted by Crippen LogP contribution is -2.17. The first-order valence-corrected chi connectivity index (χ1v) is 7.37. The Balaban J connectivity index is 2.41. The second-order valence-corrected chi connectivity index (χ2v) is 6.02. The lowest BCUT2D eigenvalue weighted by atomic mass is 10.0. The zero-order valence-corrected chi connectivity index (χ0v) is 12.5. The average molecular weight is 280 g/mol. The van der Waals surface area contributed by atoms with Crippen molar-refractivity contribution in [3.05, 3.63) is 56.2 Å². The van der Waals surface area contributed by atoms with E-state index in [1.165, 1.54) is 20.9 Å². The van der Waals surface area contributed by atoms with Gasteiger partial charge < -0.3 is 5.32 Å². The van der Waals surface area contributed by atoms with Crippen LogP contribution in [0.5, 0.6) is 0 Å². The van der Waals surface area contributed by atoms with Crippen LogP contribution in [-0.2, 0) is 6.42 Å². The van der Waals surface area contributed by atoms with Gasteiger partial charge in [0.25, 0.3) is 0 Å². The summed E-state index contributed by atoms with van der Waals surface area (Å²) in [5.74, 6) is 0. The van der Waals surface area contributed by atoms with Gasteiger partial charge in [0.1, 0.15) is 0 Å². The van der Waals surface area contributed by atoms with Crippen LogP contribution in [0.25, 0.3) is 0 Å². The van der Waals surface area contributed by atoms with Crippen LogP contribution in [0.3, 0.4) is 0 Å². The molecular formula is C15H18ClNS. The van der Waals surface area contributed by atoms with Crippen molar-refractivity contribution in [1.29, 1.82) is 0 Å². The molecule has 0 aliphatic carbocycles. The summed E-state index contributed by atoms with van der Waals surface area (Å²) in [5, 5.41) is 4.19. The Hall–Kier alpha value is -0.830. The predicted octanol–water partition coefficient (Wildman–Crippen LogP) is 4.58. The van der Waals surface area contributed by atoms with Crippen LogP contribution >= 0.6 is 22.9 Å². The van der Waals surface area contributed by atoms with Crippen LogP contribution < -0.4 is 5.32 Å². The largest absolute Gasteiger partial charge is 0.309 e. The number of nitrogens with one attached hydrogen (secondary N) is 1. The van der Waals surface area contributed by atoms with Gasteiger partial charge in [-0.2, -0.15) is 0 Å². The van der Waals surface area contributed by atoms with E-state index in [-0.39, 0.29) is 6.04 Å². The SMILES string of the molecule is CCc1ccc(C(NC)c2cc(Cl)ccc2C)s1. The van der Waals surface area contributed by atoms with Crippen molar-refractivity contribution in [3.8, 4) is 0 Å². The summed E-state index contributed by atoms with van der Waals surface area (Å²) in [7, 11) is 2.00. The number of hydrogen-bond donors (Lipinski definition) is 1. The molecule has 2 rings (SSSR count).